The molecular weight excluding hydrogens is 236 g/mol. The molecule has 0 spiro atoms. The van der Waals surface area contributed by atoms with Crippen molar-refractivity contribution in [3.05, 3.63) is 0 Å². The molecule has 0 saturated heterocycles. The summed E-state index contributed by atoms with van der Waals surface area (Å²) in [5, 5.41) is 6.13. The Morgan fingerprint density at radius 3 is 2.35 bits per heavy atom. The van der Waals surface area contributed by atoms with Crippen LogP contribution in [0.15, 0.2) is 0 Å². The molecule has 0 aromatic rings. The first kappa shape index (κ1) is 16.6. The van der Waals surface area contributed by atoms with Crippen LogP contribution in [0.3, 0.4) is 0 Å². The highest BCUT2D eigenvalue weighted by Crippen LogP contribution is 1.96. The summed E-state index contributed by atoms with van der Waals surface area (Å²) in [5.74, 6) is 0.0139. The number of carbonyl (C=O) groups excluding carboxylic acids is 1. The molecule has 1 amide bonds. The summed E-state index contributed by atoms with van der Waals surface area (Å²) in [5.41, 5.74) is 0. The molecule has 0 saturated carbocycles. The number of nitrogens with one attached hydrogen (secondary N) is 2. The van der Waals surface area contributed by atoms with Crippen molar-refractivity contribution in [2.45, 2.75) is 57.9 Å². The fourth-order valence-electron chi connectivity index (χ4n) is 1.43. The Labute approximate surface area is 107 Å². The van der Waals surface area contributed by atoms with Gasteiger partial charge in [0.15, 0.2) is 0 Å². The van der Waals surface area contributed by atoms with Crippen LogP contribution in [0.5, 0.6) is 0 Å². The zero-order valence-corrected chi connectivity index (χ0v) is 12.4. The summed E-state index contributed by atoms with van der Waals surface area (Å²) >= 11 is 0. The van der Waals surface area contributed by atoms with Gasteiger partial charge in [-0.05, 0) is 27.2 Å². The normalized spacial score (nSPS) is 18.2. The SMILES string of the molecule is CCCC(C)NC(=O)C(C)NCC(C)S(C)=O. The first-order chi connectivity index (χ1) is 7.88. The fourth-order valence-corrected chi connectivity index (χ4v) is 1.76. The molecule has 0 heterocycles. The van der Waals surface area contributed by atoms with Crippen molar-refractivity contribution in [1.29, 1.82) is 0 Å². The molecule has 0 aliphatic heterocycles. The first-order valence-electron chi connectivity index (χ1n) is 6.24. The molecule has 4 atom stereocenters. The van der Waals surface area contributed by atoms with E-state index in [0.717, 1.165) is 12.8 Å². The number of carbonyl (C=O) groups is 1. The van der Waals surface area contributed by atoms with Gasteiger partial charge in [-0.2, -0.15) is 0 Å². The van der Waals surface area contributed by atoms with E-state index in [2.05, 4.69) is 17.6 Å². The van der Waals surface area contributed by atoms with Crippen molar-refractivity contribution in [2.75, 3.05) is 12.8 Å². The van der Waals surface area contributed by atoms with E-state index in [1.165, 1.54) is 0 Å². The Balaban J connectivity index is 3.93. The fraction of sp³-hybridized carbons (Fsp3) is 0.917. The molecule has 5 heteroatoms. The molecule has 0 bridgehead atoms. The lowest BCUT2D eigenvalue weighted by Crippen LogP contribution is -2.47. The third kappa shape index (κ3) is 7.49. The molecule has 4 unspecified atom stereocenters. The van der Waals surface area contributed by atoms with E-state index in [9.17, 15) is 9.00 Å². The average Bonchev–Trinajstić information content (AvgIpc) is 2.25. The van der Waals surface area contributed by atoms with E-state index in [1.54, 1.807) is 6.26 Å². The Bertz CT molecular complexity index is 259. The van der Waals surface area contributed by atoms with Gasteiger partial charge in [-0.15, -0.1) is 0 Å². The van der Waals surface area contributed by atoms with Crippen molar-refractivity contribution in [3.8, 4) is 0 Å². The standard InChI is InChI=1S/C12H26N2O2S/c1-6-7-9(2)14-12(15)11(4)13-8-10(3)17(5)16/h9-11,13H,6-8H2,1-5H3,(H,14,15). The second kappa shape index (κ2) is 8.64. The van der Waals surface area contributed by atoms with E-state index < -0.39 is 10.8 Å². The molecule has 0 aliphatic carbocycles. The summed E-state index contributed by atoms with van der Waals surface area (Å²) < 4.78 is 11.2. The lowest BCUT2D eigenvalue weighted by Gasteiger charge is -2.19. The number of amides is 1. The molecule has 0 aliphatic rings. The highest BCUT2D eigenvalue weighted by molar-refractivity contribution is 7.84. The largest absolute Gasteiger partial charge is 0.352 e. The van der Waals surface area contributed by atoms with Crippen LogP contribution in [0.1, 0.15) is 40.5 Å². The summed E-state index contributed by atoms with van der Waals surface area (Å²) in [6.45, 7) is 8.45. The number of rotatable bonds is 8. The maximum atomic E-state index is 11.8. The zero-order chi connectivity index (χ0) is 13.4. The van der Waals surface area contributed by atoms with Gasteiger partial charge in [0.2, 0.25) is 5.91 Å². The third-order valence-corrected chi connectivity index (χ3v) is 4.08. The zero-order valence-electron chi connectivity index (χ0n) is 11.6. The molecule has 2 N–H and O–H groups in total. The van der Waals surface area contributed by atoms with Gasteiger partial charge >= 0.3 is 0 Å². The molecule has 0 fully saturated rings. The quantitative estimate of drug-likeness (QED) is 0.687. The Hall–Kier alpha value is -0.420. The third-order valence-electron chi connectivity index (χ3n) is 2.78. The lowest BCUT2D eigenvalue weighted by atomic mass is 10.2. The van der Waals surface area contributed by atoms with Crippen LogP contribution >= 0.6 is 0 Å². The molecular formula is C12H26N2O2S. The van der Waals surface area contributed by atoms with Gasteiger partial charge in [-0.25, -0.2) is 0 Å². The lowest BCUT2D eigenvalue weighted by molar-refractivity contribution is -0.123. The molecule has 0 aromatic carbocycles. The van der Waals surface area contributed by atoms with Crippen LogP contribution in [0, 0.1) is 0 Å². The highest BCUT2D eigenvalue weighted by atomic mass is 32.2. The van der Waals surface area contributed by atoms with Gasteiger partial charge in [0.1, 0.15) is 0 Å². The predicted molar refractivity (Wildman–Crippen MR) is 73.5 cm³/mol. The topological polar surface area (TPSA) is 58.2 Å². The minimum Gasteiger partial charge on any atom is -0.352 e. The highest BCUT2D eigenvalue weighted by Gasteiger charge is 2.16. The first-order valence-corrected chi connectivity index (χ1v) is 7.86. The Morgan fingerprint density at radius 2 is 1.88 bits per heavy atom. The van der Waals surface area contributed by atoms with Crippen molar-refractivity contribution in [2.24, 2.45) is 0 Å². The van der Waals surface area contributed by atoms with Crippen LogP contribution in [0.25, 0.3) is 0 Å². The van der Waals surface area contributed by atoms with Crippen LogP contribution in [-0.4, -0.2) is 40.3 Å². The van der Waals surface area contributed by atoms with Crippen molar-refractivity contribution < 1.29 is 9.00 Å². The van der Waals surface area contributed by atoms with E-state index in [-0.39, 0.29) is 23.2 Å². The monoisotopic (exact) mass is 262 g/mol. The maximum absolute atomic E-state index is 11.8. The van der Waals surface area contributed by atoms with Gasteiger partial charge in [-0.1, -0.05) is 13.3 Å². The molecule has 0 radical (unpaired) electrons. The second-order valence-electron chi connectivity index (χ2n) is 4.64. The van der Waals surface area contributed by atoms with Crippen LogP contribution in [0.2, 0.25) is 0 Å². The molecule has 4 nitrogen and oxygen atoms in total. The van der Waals surface area contributed by atoms with Gasteiger partial charge < -0.3 is 10.6 Å². The molecule has 0 aromatic heterocycles. The minimum absolute atomic E-state index is 0.0139. The Morgan fingerprint density at radius 1 is 1.29 bits per heavy atom. The van der Waals surface area contributed by atoms with Gasteiger partial charge in [-0.3, -0.25) is 9.00 Å². The van der Waals surface area contributed by atoms with E-state index >= 15 is 0 Å². The van der Waals surface area contributed by atoms with Gasteiger partial charge in [0, 0.05) is 34.9 Å². The molecule has 17 heavy (non-hydrogen) atoms. The number of hydrogen-bond acceptors (Lipinski definition) is 3. The average molecular weight is 262 g/mol. The number of hydrogen-bond donors (Lipinski definition) is 2. The van der Waals surface area contributed by atoms with Gasteiger partial charge in [0.25, 0.3) is 0 Å². The second-order valence-corrected chi connectivity index (χ2v) is 6.44. The molecule has 102 valence electrons. The Kier molecular flexibility index (Phi) is 8.43. The van der Waals surface area contributed by atoms with E-state index in [1.807, 2.05) is 20.8 Å². The maximum Gasteiger partial charge on any atom is 0.237 e. The van der Waals surface area contributed by atoms with Crippen LogP contribution < -0.4 is 10.6 Å². The van der Waals surface area contributed by atoms with Crippen molar-refractivity contribution >= 4 is 16.7 Å². The van der Waals surface area contributed by atoms with Crippen molar-refractivity contribution in [3.63, 3.8) is 0 Å². The minimum atomic E-state index is -0.848. The summed E-state index contributed by atoms with van der Waals surface area (Å²) in [4.78, 5) is 11.8. The summed E-state index contributed by atoms with van der Waals surface area (Å²) in [7, 11) is -0.848. The van der Waals surface area contributed by atoms with Gasteiger partial charge in [0.05, 0.1) is 6.04 Å². The van der Waals surface area contributed by atoms with E-state index in [0.29, 0.717) is 6.54 Å². The van der Waals surface area contributed by atoms with Crippen LogP contribution in [-0.2, 0) is 15.6 Å². The smallest absolute Gasteiger partial charge is 0.237 e. The summed E-state index contributed by atoms with van der Waals surface area (Å²) in [6.07, 6.45) is 3.74. The molecule has 0 rings (SSSR count). The van der Waals surface area contributed by atoms with E-state index in [4.69, 9.17) is 0 Å². The predicted octanol–water partition coefficient (Wildman–Crippen LogP) is 1.04. The van der Waals surface area contributed by atoms with Crippen LogP contribution in [0.4, 0.5) is 0 Å². The van der Waals surface area contributed by atoms with Crippen molar-refractivity contribution in [1.82, 2.24) is 10.6 Å². The summed E-state index contributed by atoms with van der Waals surface area (Å²) in [6, 6.07) is -0.0187.